The molecule has 0 bridgehead atoms. The predicted molar refractivity (Wildman–Crippen MR) is 95.5 cm³/mol. The molecule has 2 aromatic heterocycles. The lowest BCUT2D eigenvalue weighted by molar-refractivity contribution is -0.133. The highest BCUT2D eigenvalue weighted by molar-refractivity contribution is 5.76. The van der Waals surface area contributed by atoms with Crippen LogP contribution in [0.25, 0.3) is 0 Å². The van der Waals surface area contributed by atoms with Gasteiger partial charge in [0.15, 0.2) is 0 Å². The molecule has 0 N–H and O–H groups in total. The maximum atomic E-state index is 11.6. The minimum atomic E-state index is -0.0199. The molecule has 8 heteroatoms. The summed E-state index contributed by atoms with van der Waals surface area (Å²) in [7, 11) is 3.46. The summed E-state index contributed by atoms with van der Waals surface area (Å²) in [6.07, 6.45) is 2.66. The van der Waals surface area contributed by atoms with Gasteiger partial charge in [-0.1, -0.05) is 5.16 Å². The van der Waals surface area contributed by atoms with E-state index >= 15 is 0 Å². The molecule has 8 nitrogen and oxygen atoms in total. The molecular weight excluding hydrogens is 334 g/mol. The van der Waals surface area contributed by atoms with Gasteiger partial charge in [0.2, 0.25) is 5.91 Å². The van der Waals surface area contributed by atoms with Gasteiger partial charge in [-0.3, -0.25) is 14.4 Å². The van der Waals surface area contributed by atoms with E-state index < -0.39 is 0 Å². The van der Waals surface area contributed by atoms with Crippen LogP contribution in [0, 0.1) is 13.8 Å². The molecule has 0 fully saturated rings. The molecule has 26 heavy (non-hydrogen) atoms. The first kappa shape index (κ1) is 18.6. The van der Waals surface area contributed by atoms with E-state index in [-0.39, 0.29) is 18.6 Å². The number of aromatic nitrogens is 3. The largest absolute Gasteiger partial charge is 0.372 e. The number of nitrogens with zero attached hydrogens (tertiary/aromatic N) is 5. The van der Waals surface area contributed by atoms with Crippen LogP contribution in [-0.4, -0.2) is 64.5 Å². The van der Waals surface area contributed by atoms with Crippen LogP contribution in [-0.2, 0) is 22.6 Å². The second kappa shape index (κ2) is 8.01. The van der Waals surface area contributed by atoms with Gasteiger partial charge in [0.1, 0.15) is 12.4 Å². The predicted octanol–water partition coefficient (Wildman–Crippen LogP) is 1.54. The zero-order valence-corrected chi connectivity index (χ0v) is 15.9. The Morgan fingerprint density at radius 3 is 2.92 bits per heavy atom. The van der Waals surface area contributed by atoms with E-state index in [4.69, 9.17) is 9.26 Å². The fourth-order valence-corrected chi connectivity index (χ4v) is 3.26. The zero-order valence-electron chi connectivity index (χ0n) is 15.9. The monoisotopic (exact) mass is 361 g/mol. The lowest BCUT2D eigenvalue weighted by Crippen LogP contribution is -2.38. The summed E-state index contributed by atoms with van der Waals surface area (Å²) < 4.78 is 12.9. The van der Waals surface area contributed by atoms with Gasteiger partial charge >= 0.3 is 0 Å². The van der Waals surface area contributed by atoms with Crippen molar-refractivity contribution >= 4 is 5.91 Å². The highest BCUT2D eigenvalue weighted by Gasteiger charge is 2.26. The van der Waals surface area contributed by atoms with Crippen molar-refractivity contribution in [1.82, 2.24) is 24.7 Å². The number of carbonyl (C=O) groups is 1. The van der Waals surface area contributed by atoms with E-state index in [9.17, 15) is 4.79 Å². The molecule has 1 amide bonds. The highest BCUT2D eigenvalue weighted by Crippen LogP contribution is 2.25. The number of likely N-dealkylation sites (N-methyl/N-ethyl adjacent to an activating group) is 1. The lowest BCUT2D eigenvalue weighted by atomic mass is 10.1. The molecule has 142 valence electrons. The van der Waals surface area contributed by atoms with Gasteiger partial charge in [-0.15, -0.1) is 0 Å². The molecule has 3 rings (SSSR count). The number of ether oxygens (including phenoxy) is 1. The minimum absolute atomic E-state index is 0.0199. The van der Waals surface area contributed by atoms with Crippen LogP contribution in [0.15, 0.2) is 16.8 Å². The fraction of sp³-hybridized carbons (Fsp3) is 0.611. The van der Waals surface area contributed by atoms with Crippen LogP contribution < -0.4 is 0 Å². The third-order valence-electron chi connectivity index (χ3n) is 4.84. The number of amides is 1. The fourth-order valence-electron chi connectivity index (χ4n) is 3.26. The maximum Gasteiger partial charge on any atom is 0.248 e. The molecule has 0 aromatic carbocycles. The van der Waals surface area contributed by atoms with Gasteiger partial charge in [0.25, 0.3) is 0 Å². The van der Waals surface area contributed by atoms with Crippen molar-refractivity contribution in [2.75, 3.05) is 33.9 Å². The van der Waals surface area contributed by atoms with Crippen molar-refractivity contribution in [3.8, 4) is 0 Å². The van der Waals surface area contributed by atoms with Gasteiger partial charge < -0.3 is 14.2 Å². The molecule has 0 spiro atoms. The van der Waals surface area contributed by atoms with E-state index in [1.54, 1.807) is 14.1 Å². The summed E-state index contributed by atoms with van der Waals surface area (Å²) in [6, 6.07) is 2.28. The standard InChI is InChI=1S/C18H27N5O3/c1-13-17(14(2)26-20-13)11-22-9-15-5-7-19-23(15)16(10-22)6-8-25-12-18(24)21(3)4/h5,7,16H,6,8-12H2,1-4H3/t16-/m1/s1. The van der Waals surface area contributed by atoms with E-state index in [1.807, 2.05) is 20.0 Å². The molecule has 1 atom stereocenters. The van der Waals surface area contributed by atoms with E-state index in [1.165, 1.54) is 10.6 Å². The molecular formula is C18H27N5O3. The van der Waals surface area contributed by atoms with Crippen LogP contribution in [0.4, 0.5) is 0 Å². The average molecular weight is 361 g/mol. The summed E-state index contributed by atoms with van der Waals surface area (Å²) in [5.41, 5.74) is 3.30. The maximum absolute atomic E-state index is 11.6. The molecule has 1 aliphatic heterocycles. The second-order valence-corrected chi connectivity index (χ2v) is 7.02. The molecule has 0 aliphatic carbocycles. The quantitative estimate of drug-likeness (QED) is 0.696. The summed E-state index contributed by atoms with van der Waals surface area (Å²) in [4.78, 5) is 15.5. The van der Waals surface area contributed by atoms with E-state index in [0.29, 0.717) is 6.61 Å². The van der Waals surface area contributed by atoms with Crippen molar-refractivity contribution in [3.63, 3.8) is 0 Å². The number of carbonyl (C=O) groups excluding carboxylic acids is 1. The van der Waals surface area contributed by atoms with Crippen molar-refractivity contribution in [2.24, 2.45) is 0 Å². The van der Waals surface area contributed by atoms with Gasteiger partial charge in [-0.05, 0) is 26.3 Å². The summed E-state index contributed by atoms with van der Waals surface area (Å²) in [6.45, 7) is 7.12. The number of fused-ring (bicyclic) bond motifs is 1. The third-order valence-corrected chi connectivity index (χ3v) is 4.84. The van der Waals surface area contributed by atoms with Crippen LogP contribution in [0.1, 0.15) is 35.2 Å². The van der Waals surface area contributed by atoms with Crippen molar-refractivity contribution in [1.29, 1.82) is 0 Å². The Morgan fingerprint density at radius 2 is 2.23 bits per heavy atom. The molecule has 0 saturated carbocycles. The highest BCUT2D eigenvalue weighted by atomic mass is 16.5. The number of hydrogen-bond donors (Lipinski definition) is 0. The Morgan fingerprint density at radius 1 is 1.42 bits per heavy atom. The Bertz CT molecular complexity index is 732. The van der Waals surface area contributed by atoms with Gasteiger partial charge in [-0.25, -0.2) is 0 Å². The van der Waals surface area contributed by atoms with Crippen molar-refractivity contribution in [2.45, 2.75) is 39.4 Å². The summed E-state index contributed by atoms with van der Waals surface area (Å²) in [5.74, 6) is 0.858. The molecule has 3 heterocycles. The number of rotatable bonds is 7. The average Bonchev–Trinajstić information content (AvgIpc) is 3.20. The van der Waals surface area contributed by atoms with Crippen molar-refractivity contribution in [3.05, 3.63) is 35.0 Å². The first-order valence-corrected chi connectivity index (χ1v) is 8.90. The van der Waals surface area contributed by atoms with Crippen LogP contribution in [0.5, 0.6) is 0 Å². The first-order valence-electron chi connectivity index (χ1n) is 8.90. The first-order chi connectivity index (χ1) is 12.5. The lowest BCUT2D eigenvalue weighted by Gasteiger charge is -2.33. The van der Waals surface area contributed by atoms with E-state index in [0.717, 1.165) is 43.1 Å². The van der Waals surface area contributed by atoms with Crippen LogP contribution in [0.2, 0.25) is 0 Å². The van der Waals surface area contributed by atoms with Crippen LogP contribution >= 0.6 is 0 Å². The molecule has 2 aromatic rings. The SMILES string of the molecule is Cc1noc(C)c1CN1Cc2ccnn2[C@H](CCOCC(=O)N(C)C)C1. The second-order valence-electron chi connectivity index (χ2n) is 7.02. The number of hydrogen-bond acceptors (Lipinski definition) is 6. The molecule has 1 aliphatic rings. The number of aryl methyl sites for hydroxylation is 2. The summed E-state index contributed by atoms with van der Waals surface area (Å²) >= 11 is 0. The van der Waals surface area contributed by atoms with E-state index in [2.05, 4.69) is 25.9 Å². The van der Waals surface area contributed by atoms with Crippen LogP contribution in [0.3, 0.4) is 0 Å². The smallest absolute Gasteiger partial charge is 0.248 e. The molecule has 0 saturated heterocycles. The Balaban J connectivity index is 1.60. The molecule has 0 radical (unpaired) electrons. The third kappa shape index (κ3) is 4.13. The Kier molecular flexibility index (Phi) is 5.73. The molecule has 0 unspecified atom stereocenters. The van der Waals surface area contributed by atoms with Gasteiger partial charge in [0.05, 0.1) is 17.4 Å². The topological polar surface area (TPSA) is 76.6 Å². The normalized spacial score (nSPS) is 17.3. The summed E-state index contributed by atoms with van der Waals surface area (Å²) in [5, 5.41) is 8.53. The Labute approximate surface area is 153 Å². The Hall–Kier alpha value is -2.19. The minimum Gasteiger partial charge on any atom is -0.372 e. The van der Waals surface area contributed by atoms with Crippen molar-refractivity contribution < 1.29 is 14.1 Å². The zero-order chi connectivity index (χ0) is 18.7. The van der Waals surface area contributed by atoms with Gasteiger partial charge in [-0.2, -0.15) is 5.10 Å². The van der Waals surface area contributed by atoms with Gasteiger partial charge in [0, 0.05) is 52.1 Å².